The molecular formula is C25H31N4O4+. The molecule has 1 saturated heterocycles. The second-order valence-electron chi connectivity index (χ2n) is 8.93. The number of carbonyl (C=O) groups is 2. The Balaban J connectivity index is 1.62. The van der Waals surface area contributed by atoms with E-state index in [1.165, 1.54) is 6.07 Å². The lowest BCUT2D eigenvalue weighted by molar-refractivity contribution is -0.483. The number of aromatic nitrogens is 1. The van der Waals surface area contributed by atoms with Crippen molar-refractivity contribution in [2.75, 3.05) is 19.7 Å². The van der Waals surface area contributed by atoms with Gasteiger partial charge in [0, 0.05) is 32.0 Å². The van der Waals surface area contributed by atoms with Crippen LogP contribution in [0, 0.1) is 17.2 Å². The van der Waals surface area contributed by atoms with Gasteiger partial charge in [-0.15, -0.1) is 0 Å². The van der Waals surface area contributed by atoms with Gasteiger partial charge in [0.25, 0.3) is 0 Å². The number of likely N-dealkylation sites (tertiary alicyclic amines) is 1. The van der Waals surface area contributed by atoms with E-state index in [1.54, 1.807) is 6.92 Å². The van der Waals surface area contributed by atoms with Crippen molar-refractivity contribution in [2.24, 2.45) is 11.8 Å². The van der Waals surface area contributed by atoms with Gasteiger partial charge in [-0.25, -0.2) is 4.79 Å². The first-order valence-electron chi connectivity index (χ1n) is 11.6. The number of rotatable bonds is 8. The van der Waals surface area contributed by atoms with Crippen LogP contribution in [0.15, 0.2) is 36.4 Å². The van der Waals surface area contributed by atoms with E-state index < -0.39 is 5.97 Å². The van der Waals surface area contributed by atoms with Gasteiger partial charge in [-0.3, -0.25) is 10.1 Å². The Morgan fingerprint density at radius 1 is 1.18 bits per heavy atom. The maximum absolute atomic E-state index is 11.8. The highest BCUT2D eigenvalue weighted by Gasteiger charge is 2.32. The smallest absolute Gasteiger partial charge is 0.354 e. The summed E-state index contributed by atoms with van der Waals surface area (Å²) in [6, 6.07) is 11.0. The third-order valence-electron chi connectivity index (χ3n) is 6.65. The van der Waals surface area contributed by atoms with Gasteiger partial charge in [0.05, 0.1) is 12.3 Å². The highest BCUT2D eigenvalue weighted by molar-refractivity contribution is 6.06. The molecule has 0 radical (unpaired) electrons. The van der Waals surface area contributed by atoms with Gasteiger partial charge in [-0.1, -0.05) is 24.6 Å². The van der Waals surface area contributed by atoms with E-state index >= 15 is 0 Å². The molecule has 1 aromatic carbocycles. The van der Waals surface area contributed by atoms with Crippen molar-refractivity contribution in [1.82, 2.24) is 9.88 Å². The molecule has 0 atom stereocenters. The predicted octanol–water partition coefficient (Wildman–Crippen LogP) is 3.11. The first-order chi connectivity index (χ1) is 15.9. The minimum absolute atomic E-state index is 0.0897. The van der Waals surface area contributed by atoms with E-state index in [4.69, 9.17) is 10.1 Å². The molecule has 8 nitrogen and oxygen atoms in total. The summed E-state index contributed by atoms with van der Waals surface area (Å²) >= 11 is 0. The number of carbonyl (C=O) groups excluding carboxylic acids is 1. The van der Waals surface area contributed by atoms with Crippen molar-refractivity contribution < 1.29 is 24.7 Å². The molecule has 2 aliphatic rings. The van der Waals surface area contributed by atoms with Gasteiger partial charge in [-0.2, -0.15) is 4.98 Å². The van der Waals surface area contributed by atoms with E-state index in [0.29, 0.717) is 42.5 Å². The number of hydrogen-bond donors (Lipinski definition) is 3. The zero-order chi connectivity index (χ0) is 23.4. The molecule has 1 saturated carbocycles. The van der Waals surface area contributed by atoms with Crippen LogP contribution in [-0.2, 0) is 4.79 Å². The Labute approximate surface area is 193 Å². The third kappa shape index (κ3) is 5.39. The van der Waals surface area contributed by atoms with Crippen LogP contribution >= 0.6 is 0 Å². The summed E-state index contributed by atoms with van der Waals surface area (Å²) in [7, 11) is 0. The number of pyridine rings is 1. The van der Waals surface area contributed by atoms with Crippen LogP contribution in [0.1, 0.15) is 55.1 Å². The largest absolute Gasteiger partial charge is 0.492 e. The lowest BCUT2D eigenvalue weighted by atomic mass is 9.79. The predicted molar refractivity (Wildman–Crippen MR) is 124 cm³/mol. The quantitative estimate of drug-likeness (QED) is 0.421. The van der Waals surface area contributed by atoms with Crippen molar-refractivity contribution in [1.29, 1.82) is 5.41 Å². The van der Waals surface area contributed by atoms with Gasteiger partial charge in [0.1, 0.15) is 17.0 Å². The number of para-hydroxylation sites is 1. The highest BCUT2D eigenvalue weighted by Crippen LogP contribution is 2.35. The fraction of sp³-hybridized carbons (Fsp3) is 0.440. The molecule has 174 valence electrons. The first-order valence-corrected chi connectivity index (χ1v) is 11.6. The maximum Gasteiger partial charge on any atom is 0.354 e. The molecule has 1 aliphatic carbocycles. The van der Waals surface area contributed by atoms with Gasteiger partial charge in [-0.05, 0) is 43.7 Å². The molecule has 1 aliphatic heterocycles. The molecule has 4 rings (SSSR count). The molecule has 2 aromatic rings. The number of amides is 1. The second kappa shape index (κ2) is 10.1. The summed E-state index contributed by atoms with van der Waals surface area (Å²) in [4.78, 5) is 29.7. The number of benzene rings is 1. The van der Waals surface area contributed by atoms with Crippen molar-refractivity contribution in [3.05, 3.63) is 47.7 Å². The number of nitrogens with zero attached hydrogens (tertiary/aromatic N) is 2. The molecule has 4 N–H and O–H groups in total. The number of piperidine rings is 1. The van der Waals surface area contributed by atoms with Crippen molar-refractivity contribution in [2.45, 2.75) is 39.0 Å². The van der Waals surface area contributed by atoms with Gasteiger partial charge in [0.2, 0.25) is 11.7 Å². The fourth-order valence-electron chi connectivity index (χ4n) is 4.37. The number of nitrogens with two attached hydrogens (primary N) is 1. The van der Waals surface area contributed by atoms with Gasteiger partial charge >= 0.3 is 5.97 Å². The van der Waals surface area contributed by atoms with E-state index in [0.717, 1.165) is 37.8 Å². The normalized spacial score (nSPS) is 16.8. The summed E-state index contributed by atoms with van der Waals surface area (Å²) in [5.74, 6) is 0.252. The summed E-state index contributed by atoms with van der Waals surface area (Å²) in [6.07, 6.45) is 4.68. The van der Waals surface area contributed by atoms with Crippen molar-refractivity contribution >= 4 is 29.1 Å². The van der Waals surface area contributed by atoms with Crippen LogP contribution in [0.2, 0.25) is 0 Å². The Kier molecular flexibility index (Phi) is 7.03. The van der Waals surface area contributed by atoms with Crippen LogP contribution < -0.4 is 10.1 Å². The summed E-state index contributed by atoms with van der Waals surface area (Å²) in [6.45, 7) is 3.42. The molecule has 33 heavy (non-hydrogen) atoms. The number of aromatic carboxylic acids is 1. The van der Waals surface area contributed by atoms with Crippen molar-refractivity contribution in [3.8, 4) is 5.75 Å². The molecular weight excluding hydrogens is 420 g/mol. The SMILES string of the molecule is CC(=O)N1CCC(COc2cc(C(=O)O)nc([NH2+]c3ccccc3)c2C(=N)C2CCC2)CC1. The minimum atomic E-state index is -1.13. The Morgan fingerprint density at radius 3 is 2.45 bits per heavy atom. The Hall–Kier alpha value is -3.26. The van der Waals surface area contributed by atoms with Crippen LogP contribution in [0.3, 0.4) is 0 Å². The zero-order valence-electron chi connectivity index (χ0n) is 18.9. The van der Waals surface area contributed by atoms with E-state index in [9.17, 15) is 14.7 Å². The number of nitrogens with one attached hydrogen (secondary N) is 1. The average Bonchev–Trinajstić information content (AvgIpc) is 2.77. The molecule has 0 spiro atoms. The van der Waals surface area contributed by atoms with Crippen LogP contribution in [0.25, 0.3) is 0 Å². The van der Waals surface area contributed by atoms with Crippen LogP contribution in [0.4, 0.5) is 11.5 Å². The molecule has 1 aromatic heterocycles. The van der Waals surface area contributed by atoms with Gasteiger partial charge in [0.15, 0.2) is 5.69 Å². The topological polar surface area (TPSA) is 120 Å². The monoisotopic (exact) mass is 451 g/mol. The zero-order valence-corrected chi connectivity index (χ0v) is 18.9. The summed E-state index contributed by atoms with van der Waals surface area (Å²) < 4.78 is 6.21. The molecule has 2 fully saturated rings. The molecule has 2 heterocycles. The van der Waals surface area contributed by atoms with Crippen LogP contribution in [-0.4, -0.2) is 52.3 Å². The standard InChI is InChI=1S/C25H30N4O4/c1-16(30)29-12-10-17(11-13-29)15-33-21-14-20(25(31)32)28-24(27-19-8-3-2-4-9-19)22(21)23(26)18-6-5-7-18/h2-4,8-9,14,17-18,26H,5-7,10-13,15H2,1H3,(H,27,28)(H,31,32)/p+1. The first kappa shape index (κ1) is 22.9. The molecule has 8 heteroatoms. The average molecular weight is 452 g/mol. The summed E-state index contributed by atoms with van der Waals surface area (Å²) in [5.41, 5.74) is 1.85. The maximum atomic E-state index is 11.8. The number of carboxylic acid groups (broad SMARTS) is 1. The number of ether oxygens (including phenoxy) is 1. The van der Waals surface area contributed by atoms with E-state index in [1.807, 2.05) is 40.5 Å². The second-order valence-corrected chi connectivity index (χ2v) is 8.93. The lowest BCUT2D eigenvalue weighted by Crippen LogP contribution is -2.72. The van der Waals surface area contributed by atoms with Gasteiger partial charge < -0.3 is 20.2 Å². The van der Waals surface area contributed by atoms with E-state index in [-0.39, 0.29) is 23.4 Å². The fourth-order valence-corrected chi connectivity index (χ4v) is 4.37. The number of carboxylic acids is 1. The van der Waals surface area contributed by atoms with Crippen molar-refractivity contribution in [3.63, 3.8) is 0 Å². The number of quaternary nitrogens is 1. The molecule has 0 bridgehead atoms. The molecule has 1 amide bonds. The number of hydrogen-bond acceptors (Lipinski definition) is 5. The summed E-state index contributed by atoms with van der Waals surface area (Å²) in [5, 5.41) is 20.4. The van der Waals surface area contributed by atoms with Crippen LogP contribution in [0.5, 0.6) is 5.75 Å². The lowest BCUT2D eigenvalue weighted by Gasteiger charge is -2.31. The minimum Gasteiger partial charge on any atom is -0.492 e. The third-order valence-corrected chi connectivity index (χ3v) is 6.65. The highest BCUT2D eigenvalue weighted by atomic mass is 16.5. The molecule has 0 unspecified atom stereocenters. The van der Waals surface area contributed by atoms with E-state index in [2.05, 4.69) is 4.98 Å². The Morgan fingerprint density at radius 2 is 1.88 bits per heavy atom. The Bertz CT molecular complexity index is 1030.